The van der Waals surface area contributed by atoms with Crippen molar-refractivity contribution in [1.29, 1.82) is 0 Å². The van der Waals surface area contributed by atoms with E-state index in [1.54, 1.807) is 61.7 Å². The lowest BCUT2D eigenvalue weighted by Gasteiger charge is -2.11. The molecule has 4 aromatic carbocycles. The van der Waals surface area contributed by atoms with Crippen molar-refractivity contribution < 1.29 is 19.1 Å². The highest BCUT2D eigenvalue weighted by atomic mass is 79.9. The van der Waals surface area contributed by atoms with E-state index < -0.39 is 11.9 Å². The third-order valence-electron chi connectivity index (χ3n) is 6.08. The molecule has 11 heteroatoms. The van der Waals surface area contributed by atoms with Gasteiger partial charge in [-0.05, 0) is 64.5 Å². The van der Waals surface area contributed by atoms with Gasteiger partial charge in [-0.25, -0.2) is 10.2 Å². The summed E-state index contributed by atoms with van der Waals surface area (Å²) in [6.07, 6.45) is 1.38. The van der Waals surface area contributed by atoms with Gasteiger partial charge in [0, 0.05) is 31.6 Å². The number of H-pyrrole nitrogens is 1. The molecule has 0 unspecified atom stereocenters. The molecule has 0 aliphatic carbocycles. The summed E-state index contributed by atoms with van der Waals surface area (Å²) in [5.74, 6) is -0.256. The number of benzene rings is 4. The number of hydrogen-bond acceptors (Lipinski definition) is 5. The van der Waals surface area contributed by atoms with Crippen molar-refractivity contribution >= 4 is 84.1 Å². The van der Waals surface area contributed by atoms with Gasteiger partial charge < -0.3 is 14.5 Å². The molecule has 206 valence electrons. The highest BCUT2D eigenvalue weighted by molar-refractivity contribution is 9.11. The molecule has 7 nitrogen and oxygen atoms in total. The Hall–Kier alpha value is -3.63. The van der Waals surface area contributed by atoms with Crippen LogP contribution in [0.2, 0.25) is 10.0 Å². The standard InChI is InChI=1S/C30H19Br2Cl2N3O4/c1-40-19-11-9-16(10-12-19)30(39)41-28-17(13-18(31)14-22(28)32)15-35-37-29(38)27-25(20-5-2-3-7-23(20)33)21-6-4-8-24(34)26(21)36-27/h2-15,36H,1H3,(H,37,38). The summed E-state index contributed by atoms with van der Waals surface area (Å²) < 4.78 is 12.0. The predicted molar refractivity (Wildman–Crippen MR) is 169 cm³/mol. The molecule has 0 aliphatic heterocycles. The number of esters is 1. The third kappa shape index (κ3) is 6.18. The fourth-order valence-electron chi connectivity index (χ4n) is 4.17. The van der Waals surface area contributed by atoms with Crippen LogP contribution in [0.3, 0.4) is 0 Å². The second-order valence-corrected chi connectivity index (χ2v) is 11.2. The van der Waals surface area contributed by atoms with Crippen LogP contribution in [0, 0.1) is 0 Å². The van der Waals surface area contributed by atoms with Gasteiger partial charge in [0.2, 0.25) is 0 Å². The molecule has 1 heterocycles. The summed E-state index contributed by atoms with van der Waals surface area (Å²) in [5.41, 5.74) is 5.41. The van der Waals surface area contributed by atoms with E-state index in [9.17, 15) is 9.59 Å². The summed E-state index contributed by atoms with van der Waals surface area (Å²) >= 11 is 19.8. The van der Waals surface area contributed by atoms with Gasteiger partial charge in [-0.2, -0.15) is 5.10 Å². The molecule has 0 saturated carbocycles. The van der Waals surface area contributed by atoms with Crippen LogP contribution in [0.15, 0.2) is 92.9 Å². The molecule has 0 bridgehead atoms. The summed E-state index contributed by atoms with van der Waals surface area (Å²) in [6, 6.07) is 22.6. The molecule has 0 radical (unpaired) electrons. The molecule has 0 aliphatic rings. The first-order valence-electron chi connectivity index (χ1n) is 12.0. The number of nitrogens with one attached hydrogen (secondary N) is 2. The van der Waals surface area contributed by atoms with Crippen molar-refractivity contribution in [1.82, 2.24) is 10.4 Å². The maximum absolute atomic E-state index is 13.4. The smallest absolute Gasteiger partial charge is 0.343 e. The highest BCUT2D eigenvalue weighted by Gasteiger charge is 2.22. The van der Waals surface area contributed by atoms with Crippen LogP contribution in [-0.2, 0) is 0 Å². The molecule has 41 heavy (non-hydrogen) atoms. The van der Waals surface area contributed by atoms with Crippen LogP contribution in [0.1, 0.15) is 26.4 Å². The van der Waals surface area contributed by atoms with Crippen LogP contribution in [0.25, 0.3) is 22.0 Å². The highest BCUT2D eigenvalue weighted by Crippen LogP contribution is 2.39. The number of carbonyl (C=O) groups excluding carboxylic acids is 2. The molecule has 1 amide bonds. The van der Waals surface area contributed by atoms with Crippen molar-refractivity contribution in [2.75, 3.05) is 7.11 Å². The number of aromatic amines is 1. The Labute approximate surface area is 261 Å². The number of methoxy groups -OCH3 is 1. The number of hydrazone groups is 1. The van der Waals surface area contributed by atoms with Crippen LogP contribution in [0.4, 0.5) is 0 Å². The van der Waals surface area contributed by atoms with Gasteiger partial charge in [0.1, 0.15) is 11.4 Å². The van der Waals surface area contributed by atoms with Crippen LogP contribution < -0.4 is 14.9 Å². The average molecular weight is 716 g/mol. The number of nitrogens with zero attached hydrogens (tertiary/aromatic N) is 1. The fraction of sp³-hybridized carbons (Fsp3) is 0.0333. The molecule has 0 spiro atoms. The first-order chi connectivity index (χ1) is 19.8. The molecule has 5 aromatic rings. The number of amides is 1. The van der Waals surface area contributed by atoms with Gasteiger partial charge in [-0.15, -0.1) is 0 Å². The van der Waals surface area contributed by atoms with Gasteiger partial charge in [-0.1, -0.05) is 69.5 Å². The van der Waals surface area contributed by atoms with Crippen LogP contribution >= 0.6 is 55.1 Å². The van der Waals surface area contributed by atoms with E-state index in [4.69, 9.17) is 32.7 Å². The molecule has 0 atom stereocenters. The SMILES string of the molecule is COc1ccc(C(=O)Oc2c(Br)cc(Br)cc2C=NNC(=O)c2[nH]c3c(Cl)cccc3c2-c2ccccc2Cl)cc1. The van der Waals surface area contributed by atoms with Gasteiger partial charge in [0.15, 0.2) is 5.75 Å². The second-order valence-electron chi connectivity index (χ2n) is 8.64. The number of aromatic nitrogens is 1. The zero-order chi connectivity index (χ0) is 29.1. The Kier molecular flexibility index (Phi) is 8.79. The van der Waals surface area contributed by atoms with E-state index in [0.717, 1.165) is 5.39 Å². The van der Waals surface area contributed by atoms with Crippen molar-refractivity contribution in [3.63, 3.8) is 0 Å². The van der Waals surface area contributed by atoms with Crippen LogP contribution in [-0.4, -0.2) is 30.2 Å². The molecule has 2 N–H and O–H groups in total. The van der Waals surface area contributed by atoms with Gasteiger partial charge in [0.05, 0.1) is 33.9 Å². The molecular weight excluding hydrogens is 697 g/mol. The molecule has 5 rings (SSSR count). The van der Waals surface area contributed by atoms with Gasteiger partial charge in [-0.3, -0.25) is 4.79 Å². The maximum Gasteiger partial charge on any atom is 0.343 e. The monoisotopic (exact) mass is 713 g/mol. The van der Waals surface area contributed by atoms with E-state index in [-0.39, 0.29) is 11.4 Å². The molecule has 0 saturated heterocycles. The molecular formula is C30H19Br2Cl2N3O4. The molecule has 1 aromatic heterocycles. The summed E-state index contributed by atoms with van der Waals surface area (Å²) in [6.45, 7) is 0. The van der Waals surface area contributed by atoms with E-state index in [1.807, 2.05) is 24.3 Å². The summed E-state index contributed by atoms with van der Waals surface area (Å²) in [5, 5.41) is 5.83. The Morgan fingerprint density at radius 1 is 0.951 bits per heavy atom. The Bertz CT molecular complexity index is 1820. The minimum Gasteiger partial charge on any atom is -0.497 e. The third-order valence-corrected chi connectivity index (χ3v) is 7.77. The largest absolute Gasteiger partial charge is 0.497 e. The number of para-hydroxylation sites is 1. The van der Waals surface area contributed by atoms with Crippen molar-refractivity contribution in [3.8, 4) is 22.6 Å². The number of ether oxygens (including phenoxy) is 2. The number of carbonyl (C=O) groups is 2. The minimum absolute atomic E-state index is 0.223. The lowest BCUT2D eigenvalue weighted by molar-refractivity contribution is 0.0732. The number of rotatable bonds is 7. The Morgan fingerprint density at radius 2 is 1.68 bits per heavy atom. The topological polar surface area (TPSA) is 92.8 Å². The van der Waals surface area contributed by atoms with E-state index >= 15 is 0 Å². The molecule has 0 fully saturated rings. The van der Waals surface area contributed by atoms with Gasteiger partial charge in [0.25, 0.3) is 5.91 Å². The quantitative estimate of drug-likeness (QED) is 0.0764. The van der Waals surface area contributed by atoms with Gasteiger partial charge >= 0.3 is 5.97 Å². The second kappa shape index (κ2) is 12.5. The number of fused-ring (bicyclic) bond motifs is 1. The lowest BCUT2D eigenvalue weighted by atomic mass is 10.0. The number of halogens is 4. The summed E-state index contributed by atoms with van der Waals surface area (Å²) in [7, 11) is 1.54. The minimum atomic E-state index is -0.575. The van der Waals surface area contributed by atoms with E-state index in [1.165, 1.54) is 6.21 Å². The fourth-order valence-corrected chi connectivity index (χ4v) is 5.97. The van der Waals surface area contributed by atoms with Crippen molar-refractivity contribution in [3.05, 3.63) is 115 Å². The first-order valence-corrected chi connectivity index (χ1v) is 14.3. The number of hydrogen-bond donors (Lipinski definition) is 2. The van der Waals surface area contributed by atoms with Crippen LogP contribution in [0.5, 0.6) is 11.5 Å². The normalized spacial score (nSPS) is 11.1. The Morgan fingerprint density at radius 3 is 2.41 bits per heavy atom. The zero-order valence-corrected chi connectivity index (χ0v) is 25.9. The van der Waals surface area contributed by atoms with E-state index in [2.05, 4.69) is 47.4 Å². The summed E-state index contributed by atoms with van der Waals surface area (Å²) in [4.78, 5) is 29.4. The van der Waals surface area contributed by atoms with Crippen molar-refractivity contribution in [2.45, 2.75) is 0 Å². The predicted octanol–water partition coefficient (Wildman–Crippen LogP) is 8.66. The Balaban J connectivity index is 1.44. The zero-order valence-electron chi connectivity index (χ0n) is 21.2. The van der Waals surface area contributed by atoms with Crippen molar-refractivity contribution in [2.24, 2.45) is 5.10 Å². The van der Waals surface area contributed by atoms with E-state index in [0.29, 0.717) is 52.5 Å². The average Bonchev–Trinajstić information content (AvgIpc) is 3.36. The maximum atomic E-state index is 13.4. The first kappa shape index (κ1) is 28.9. The lowest BCUT2D eigenvalue weighted by Crippen LogP contribution is -2.19.